The van der Waals surface area contributed by atoms with Crippen molar-refractivity contribution in [1.82, 2.24) is 4.72 Å². The highest BCUT2D eigenvalue weighted by atomic mass is 32.2. The Balaban J connectivity index is 4.79. The molecular weight excluding hydrogens is 248 g/mol. The van der Waals surface area contributed by atoms with Gasteiger partial charge in [-0.05, 0) is 27.2 Å². The molecule has 0 aliphatic rings. The van der Waals surface area contributed by atoms with Crippen LogP contribution in [0.25, 0.3) is 0 Å². The summed E-state index contributed by atoms with van der Waals surface area (Å²) in [7, 11) is -3.77. The van der Waals surface area contributed by atoms with Gasteiger partial charge in [0.2, 0.25) is 15.9 Å². The second kappa shape index (κ2) is 5.46. The number of amides is 1. The van der Waals surface area contributed by atoms with E-state index in [9.17, 15) is 18.0 Å². The standard InChI is InChI=1S/C9H18N2O5S/c1-9(2,3)17(15,16)11-6(8(13)14)4-5-7(10)12/h6,11H,4-5H2,1-3H3,(H2,10,12)(H,13,14)/t6-/m0/s1. The van der Waals surface area contributed by atoms with Gasteiger partial charge in [-0.3, -0.25) is 9.59 Å². The number of hydrogen-bond acceptors (Lipinski definition) is 4. The Bertz CT molecular complexity index is 396. The third kappa shape index (κ3) is 5.14. The van der Waals surface area contributed by atoms with Crippen LogP contribution in [0.3, 0.4) is 0 Å². The zero-order valence-corrected chi connectivity index (χ0v) is 10.9. The number of carbonyl (C=O) groups is 2. The Morgan fingerprint density at radius 3 is 2.12 bits per heavy atom. The van der Waals surface area contributed by atoms with Gasteiger partial charge in [0.15, 0.2) is 0 Å². The number of carbonyl (C=O) groups excluding carboxylic acids is 1. The number of carboxylic acid groups (broad SMARTS) is 1. The Kier molecular flexibility index (Phi) is 5.09. The van der Waals surface area contributed by atoms with Crippen molar-refractivity contribution in [2.45, 2.75) is 44.4 Å². The third-order valence-electron chi connectivity index (χ3n) is 2.08. The van der Waals surface area contributed by atoms with E-state index in [-0.39, 0.29) is 12.8 Å². The van der Waals surface area contributed by atoms with Gasteiger partial charge in [0.05, 0.1) is 4.75 Å². The highest BCUT2D eigenvalue weighted by Crippen LogP contribution is 2.14. The van der Waals surface area contributed by atoms with Crippen LogP contribution in [0, 0.1) is 0 Å². The Labute approximate surface area is 100 Å². The Morgan fingerprint density at radius 1 is 1.35 bits per heavy atom. The molecule has 0 spiro atoms. The molecule has 0 aliphatic carbocycles. The van der Waals surface area contributed by atoms with E-state index in [4.69, 9.17) is 10.8 Å². The van der Waals surface area contributed by atoms with Crippen LogP contribution in [-0.4, -0.2) is 36.2 Å². The second-order valence-electron chi connectivity index (χ2n) is 4.63. The molecule has 0 saturated carbocycles. The summed E-state index contributed by atoms with van der Waals surface area (Å²) < 4.78 is 24.4. The van der Waals surface area contributed by atoms with Crippen molar-refractivity contribution in [3.63, 3.8) is 0 Å². The normalized spacial score (nSPS) is 14.3. The van der Waals surface area contributed by atoms with Gasteiger partial charge in [-0.1, -0.05) is 0 Å². The lowest BCUT2D eigenvalue weighted by atomic mass is 10.2. The molecule has 100 valence electrons. The molecule has 4 N–H and O–H groups in total. The minimum absolute atomic E-state index is 0.167. The number of rotatable bonds is 6. The van der Waals surface area contributed by atoms with Crippen LogP contribution in [0.15, 0.2) is 0 Å². The van der Waals surface area contributed by atoms with Gasteiger partial charge in [-0.15, -0.1) is 0 Å². The van der Waals surface area contributed by atoms with Crippen LogP contribution < -0.4 is 10.5 Å². The van der Waals surface area contributed by atoms with Crippen molar-refractivity contribution >= 4 is 21.9 Å². The maximum absolute atomic E-state index is 11.7. The summed E-state index contributed by atoms with van der Waals surface area (Å²) in [5, 5.41) is 8.84. The molecule has 0 heterocycles. The first-order valence-electron chi connectivity index (χ1n) is 5.00. The molecule has 0 aromatic rings. The molecule has 0 unspecified atom stereocenters. The number of sulfonamides is 1. The summed E-state index contributed by atoms with van der Waals surface area (Å²) in [4.78, 5) is 21.4. The third-order valence-corrected chi connectivity index (χ3v) is 4.29. The molecule has 0 aromatic carbocycles. The van der Waals surface area contributed by atoms with Crippen molar-refractivity contribution in [2.24, 2.45) is 5.73 Å². The minimum atomic E-state index is -3.77. The Hall–Kier alpha value is -1.15. The predicted octanol–water partition coefficient (Wildman–Crippen LogP) is -0.577. The van der Waals surface area contributed by atoms with E-state index < -0.39 is 32.7 Å². The summed E-state index contributed by atoms with van der Waals surface area (Å²) in [6.45, 7) is 4.34. The van der Waals surface area contributed by atoms with E-state index in [1.165, 1.54) is 20.8 Å². The fourth-order valence-electron chi connectivity index (χ4n) is 0.883. The maximum Gasteiger partial charge on any atom is 0.321 e. The first-order valence-corrected chi connectivity index (χ1v) is 6.48. The highest BCUT2D eigenvalue weighted by Gasteiger charge is 2.33. The number of primary amides is 1. The van der Waals surface area contributed by atoms with Gasteiger partial charge in [0.25, 0.3) is 0 Å². The summed E-state index contributed by atoms with van der Waals surface area (Å²) in [6, 6.07) is -1.34. The molecule has 0 bridgehead atoms. The SMILES string of the molecule is CC(C)(C)S(=O)(=O)N[C@@H](CCC(N)=O)C(=O)O. The largest absolute Gasteiger partial charge is 0.480 e. The van der Waals surface area contributed by atoms with E-state index >= 15 is 0 Å². The lowest BCUT2D eigenvalue weighted by Crippen LogP contribution is -2.48. The molecular formula is C9H18N2O5S. The fraction of sp³-hybridized carbons (Fsp3) is 0.778. The van der Waals surface area contributed by atoms with E-state index in [0.717, 1.165) is 0 Å². The number of nitrogens with one attached hydrogen (secondary N) is 1. The van der Waals surface area contributed by atoms with Crippen molar-refractivity contribution in [3.8, 4) is 0 Å². The first kappa shape index (κ1) is 15.9. The molecule has 0 aromatic heterocycles. The quantitative estimate of drug-likeness (QED) is 0.593. The van der Waals surface area contributed by atoms with Crippen LogP contribution in [0.4, 0.5) is 0 Å². The summed E-state index contributed by atoms with van der Waals surface area (Å²) >= 11 is 0. The average Bonchev–Trinajstić information content (AvgIpc) is 2.09. The van der Waals surface area contributed by atoms with Gasteiger partial charge >= 0.3 is 5.97 Å². The predicted molar refractivity (Wildman–Crippen MR) is 61.7 cm³/mol. The molecule has 1 atom stereocenters. The molecule has 7 nitrogen and oxygen atoms in total. The molecule has 0 rings (SSSR count). The topological polar surface area (TPSA) is 127 Å². The van der Waals surface area contributed by atoms with Crippen molar-refractivity contribution in [3.05, 3.63) is 0 Å². The van der Waals surface area contributed by atoms with Gasteiger partial charge in [0, 0.05) is 6.42 Å². The average molecular weight is 266 g/mol. The van der Waals surface area contributed by atoms with Gasteiger partial charge in [-0.2, -0.15) is 0 Å². The van der Waals surface area contributed by atoms with Crippen LogP contribution in [0.2, 0.25) is 0 Å². The zero-order chi connectivity index (χ0) is 13.9. The molecule has 8 heteroatoms. The second-order valence-corrected chi connectivity index (χ2v) is 7.10. The molecule has 0 saturated heterocycles. The van der Waals surface area contributed by atoms with E-state index in [0.29, 0.717) is 0 Å². The van der Waals surface area contributed by atoms with E-state index in [1.54, 1.807) is 0 Å². The molecule has 17 heavy (non-hydrogen) atoms. The molecule has 0 fully saturated rings. The van der Waals surface area contributed by atoms with E-state index in [2.05, 4.69) is 4.72 Å². The Morgan fingerprint density at radius 2 is 1.82 bits per heavy atom. The molecule has 0 radical (unpaired) electrons. The minimum Gasteiger partial charge on any atom is -0.480 e. The monoisotopic (exact) mass is 266 g/mol. The highest BCUT2D eigenvalue weighted by molar-refractivity contribution is 7.90. The van der Waals surface area contributed by atoms with Crippen LogP contribution in [-0.2, 0) is 19.6 Å². The summed E-state index contributed by atoms with van der Waals surface area (Å²) in [6.07, 6.45) is -0.358. The number of carboxylic acids is 1. The maximum atomic E-state index is 11.7. The molecule has 0 aliphatic heterocycles. The van der Waals surface area contributed by atoms with Crippen molar-refractivity contribution in [1.29, 1.82) is 0 Å². The zero-order valence-electron chi connectivity index (χ0n) is 10.1. The summed E-state index contributed by atoms with van der Waals surface area (Å²) in [5.41, 5.74) is 4.88. The fourth-order valence-corrected chi connectivity index (χ4v) is 1.83. The first-order chi connectivity index (χ1) is 7.47. The van der Waals surface area contributed by atoms with Gasteiger partial charge < -0.3 is 10.8 Å². The van der Waals surface area contributed by atoms with E-state index in [1.807, 2.05) is 0 Å². The number of nitrogens with two attached hydrogens (primary N) is 1. The lowest BCUT2D eigenvalue weighted by molar-refractivity contribution is -0.139. The number of aliphatic carboxylic acids is 1. The van der Waals surface area contributed by atoms with Gasteiger partial charge in [-0.25, -0.2) is 13.1 Å². The van der Waals surface area contributed by atoms with Crippen LogP contribution >= 0.6 is 0 Å². The van der Waals surface area contributed by atoms with Crippen molar-refractivity contribution in [2.75, 3.05) is 0 Å². The van der Waals surface area contributed by atoms with Gasteiger partial charge in [0.1, 0.15) is 6.04 Å². The smallest absolute Gasteiger partial charge is 0.321 e. The summed E-state index contributed by atoms with van der Waals surface area (Å²) in [5.74, 6) is -2.01. The lowest BCUT2D eigenvalue weighted by Gasteiger charge is -2.22. The number of hydrogen-bond donors (Lipinski definition) is 3. The van der Waals surface area contributed by atoms with Crippen LogP contribution in [0.5, 0.6) is 0 Å². The van der Waals surface area contributed by atoms with Crippen LogP contribution in [0.1, 0.15) is 33.6 Å². The molecule has 1 amide bonds. The van der Waals surface area contributed by atoms with Crippen molar-refractivity contribution < 1.29 is 23.1 Å².